The molecule has 1 aliphatic rings. The molecule has 0 radical (unpaired) electrons. The van der Waals surface area contributed by atoms with E-state index < -0.39 is 0 Å². The molecule has 1 aliphatic heterocycles. The van der Waals surface area contributed by atoms with Crippen LogP contribution in [0.15, 0.2) is 0 Å². The Morgan fingerprint density at radius 3 is 2.55 bits per heavy atom. The largest absolute Gasteiger partial charge is 0.311 e. The van der Waals surface area contributed by atoms with Gasteiger partial charge >= 0.3 is 0 Å². The van der Waals surface area contributed by atoms with Gasteiger partial charge in [0.25, 0.3) is 0 Å². The molecule has 0 aromatic carbocycles. The lowest BCUT2D eigenvalue weighted by molar-refractivity contribution is 0.243. The predicted octanol–water partition coefficient (Wildman–Crippen LogP) is 1.13. The summed E-state index contributed by atoms with van der Waals surface area (Å²) in [5.41, 5.74) is 0.339. The monoisotopic (exact) mass is 156 g/mol. The quantitative estimate of drug-likeness (QED) is 0.626. The minimum absolute atomic E-state index is 0.339. The number of piperazine rings is 1. The fourth-order valence-electron chi connectivity index (χ4n) is 1.41. The lowest BCUT2D eigenvalue weighted by Gasteiger charge is -2.38. The Kier molecular flexibility index (Phi) is 2.90. The summed E-state index contributed by atoms with van der Waals surface area (Å²) < 4.78 is 0. The summed E-state index contributed by atoms with van der Waals surface area (Å²) in [6.07, 6.45) is 2.43. The maximum absolute atomic E-state index is 3.58. The van der Waals surface area contributed by atoms with Crippen LogP contribution in [0.1, 0.15) is 33.6 Å². The molecule has 1 heterocycles. The highest BCUT2D eigenvalue weighted by molar-refractivity contribution is 4.91. The van der Waals surface area contributed by atoms with E-state index in [-0.39, 0.29) is 0 Å². The molecule has 0 amide bonds. The van der Waals surface area contributed by atoms with Gasteiger partial charge in [-0.2, -0.15) is 0 Å². The minimum Gasteiger partial charge on any atom is -0.311 e. The zero-order valence-corrected chi connectivity index (χ0v) is 7.91. The van der Waals surface area contributed by atoms with Crippen LogP contribution in [0.25, 0.3) is 0 Å². The molecule has 0 aromatic heterocycles. The third kappa shape index (κ3) is 2.17. The van der Waals surface area contributed by atoms with E-state index in [0.29, 0.717) is 11.6 Å². The van der Waals surface area contributed by atoms with Crippen molar-refractivity contribution < 1.29 is 0 Å². The first-order chi connectivity index (χ1) is 5.20. The van der Waals surface area contributed by atoms with Crippen molar-refractivity contribution in [3.8, 4) is 0 Å². The number of hydrogen-bond donors (Lipinski definition) is 2. The van der Waals surface area contributed by atoms with Gasteiger partial charge in [0, 0.05) is 24.7 Å². The van der Waals surface area contributed by atoms with Gasteiger partial charge in [0.1, 0.15) is 0 Å². The van der Waals surface area contributed by atoms with Crippen LogP contribution in [0.2, 0.25) is 0 Å². The Labute approximate surface area is 69.8 Å². The van der Waals surface area contributed by atoms with Crippen LogP contribution in [-0.4, -0.2) is 24.7 Å². The minimum atomic E-state index is 0.339. The molecule has 66 valence electrons. The highest BCUT2D eigenvalue weighted by atomic mass is 15.1. The van der Waals surface area contributed by atoms with Crippen LogP contribution in [0.3, 0.4) is 0 Å². The van der Waals surface area contributed by atoms with Crippen molar-refractivity contribution in [1.29, 1.82) is 0 Å². The molecule has 0 aromatic rings. The van der Waals surface area contributed by atoms with Gasteiger partial charge in [-0.05, 0) is 19.8 Å². The van der Waals surface area contributed by atoms with E-state index in [1.54, 1.807) is 0 Å². The summed E-state index contributed by atoms with van der Waals surface area (Å²) in [5.74, 6) is 0. The summed E-state index contributed by atoms with van der Waals surface area (Å²) in [6.45, 7) is 8.99. The SMILES string of the molecule is CCC1CNC(C)(CC)CN1. The summed E-state index contributed by atoms with van der Waals surface area (Å²) in [7, 11) is 0. The molecule has 2 unspecified atom stereocenters. The molecule has 0 bridgehead atoms. The Morgan fingerprint density at radius 1 is 1.45 bits per heavy atom. The highest BCUT2D eigenvalue weighted by Gasteiger charge is 2.27. The first-order valence-electron chi connectivity index (χ1n) is 4.68. The number of rotatable bonds is 2. The second-order valence-corrected chi connectivity index (χ2v) is 3.78. The third-order valence-corrected chi connectivity index (χ3v) is 2.83. The third-order valence-electron chi connectivity index (χ3n) is 2.83. The first-order valence-corrected chi connectivity index (χ1v) is 4.68. The van der Waals surface area contributed by atoms with Gasteiger partial charge in [-0.25, -0.2) is 0 Å². The Hall–Kier alpha value is -0.0800. The van der Waals surface area contributed by atoms with Crippen LogP contribution >= 0.6 is 0 Å². The average Bonchev–Trinajstić information content (AvgIpc) is 2.06. The Morgan fingerprint density at radius 2 is 2.18 bits per heavy atom. The van der Waals surface area contributed by atoms with Crippen LogP contribution in [0.5, 0.6) is 0 Å². The fraction of sp³-hybridized carbons (Fsp3) is 1.00. The smallest absolute Gasteiger partial charge is 0.0276 e. The normalized spacial score (nSPS) is 39.0. The Bertz CT molecular complexity index is 115. The molecule has 2 atom stereocenters. The van der Waals surface area contributed by atoms with E-state index >= 15 is 0 Å². The molecule has 0 spiro atoms. The van der Waals surface area contributed by atoms with E-state index in [2.05, 4.69) is 31.4 Å². The van der Waals surface area contributed by atoms with Crippen molar-refractivity contribution in [3.63, 3.8) is 0 Å². The average molecular weight is 156 g/mol. The van der Waals surface area contributed by atoms with Crippen LogP contribution in [0.4, 0.5) is 0 Å². The number of nitrogens with one attached hydrogen (secondary N) is 2. The van der Waals surface area contributed by atoms with E-state index in [0.717, 1.165) is 13.1 Å². The van der Waals surface area contributed by atoms with Crippen LogP contribution in [-0.2, 0) is 0 Å². The summed E-state index contributed by atoms with van der Waals surface area (Å²) in [5, 5.41) is 7.13. The van der Waals surface area contributed by atoms with Gasteiger partial charge in [-0.3, -0.25) is 0 Å². The summed E-state index contributed by atoms with van der Waals surface area (Å²) in [4.78, 5) is 0. The van der Waals surface area contributed by atoms with Gasteiger partial charge < -0.3 is 10.6 Å². The van der Waals surface area contributed by atoms with E-state index in [9.17, 15) is 0 Å². The molecule has 0 saturated carbocycles. The van der Waals surface area contributed by atoms with Crippen molar-refractivity contribution in [3.05, 3.63) is 0 Å². The van der Waals surface area contributed by atoms with Crippen LogP contribution in [0, 0.1) is 0 Å². The number of hydrogen-bond acceptors (Lipinski definition) is 2. The fourth-order valence-corrected chi connectivity index (χ4v) is 1.41. The Balaban J connectivity index is 2.35. The second kappa shape index (κ2) is 3.55. The first kappa shape index (κ1) is 9.01. The second-order valence-electron chi connectivity index (χ2n) is 3.78. The molecule has 2 nitrogen and oxygen atoms in total. The van der Waals surface area contributed by atoms with Crippen LogP contribution < -0.4 is 10.6 Å². The molecule has 0 aliphatic carbocycles. The van der Waals surface area contributed by atoms with Crippen molar-refractivity contribution in [1.82, 2.24) is 10.6 Å². The molecule has 2 N–H and O–H groups in total. The lowest BCUT2D eigenvalue weighted by atomic mass is 9.95. The van der Waals surface area contributed by atoms with E-state index in [1.807, 2.05) is 0 Å². The van der Waals surface area contributed by atoms with Gasteiger partial charge in [0.15, 0.2) is 0 Å². The van der Waals surface area contributed by atoms with Gasteiger partial charge in [-0.15, -0.1) is 0 Å². The van der Waals surface area contributed by atoms with E-state index in [4.69, 9.17) is 0 Å². The predicted molar refractivity (Wildman–Crippen MR) is 48.8 cm³/mol. The summed E-state index contributed by atoms with van der Waals surface area (Å²) in [6, 6.07) is 0.689. The zero-order valence-electron chi connectivity index (χ0n) is 7.91. The molecule has 2 heteroatoms. The molecule has 1 rings (SSSR count). The van der Waals surface area contributed by atoms with Crippen molar-refractivity contribution in [2.45, 2.75) is 45.2 Å². The topological polar surface area (TPSA) is 24.1 Å². The molecular weight excluding hydrogens is 136 g/mol. The molecule has 1 fully saturated rings. The molecular formula is C9H20N2. The summed E-state index contributed by atoms with van der Waals surface area (Å²) >= 11 is 0. The lowest BCUT2D eigenvalue weighted by Crippen LogP contribution is -2.60. The zero-order chi connectivity index (χ0) is 8.32. The molecule has 1 saturated heterocycles. The van der Waals surface area contributed by atoms with Crippen molar-refractivity contribution >= 4 is 0 Å². The van der Waals surface area contributed by atoms with Gasteiger partial charge in [0.2, 0.25) is 0 Å². The van der Waals surface area contributed by atoms with Gasteiger partial charge in [0.05, 0.1) is 0 Å². The standard InChI is InChI=1S/C9H20N2/c1-4-8-6-11-9(3,5-2)7-10-8/h8,10-11H,4-7H2,1-3H3. The van der Waals surface area contributed by atoms with Gasteiger partial charge in [-0.1, -0.05) is 13.8 Å². The van der Waals surface area contributed by atoms with Crippen molar-refractivity contribution in [2.75, 3.05) is 13.1 Å². The maximum atomic E-state index is 3.58. The van der Waals surface area contributed by atoms with Crippen molar-refractivity contribution in [2.24, 2.45) is 0 Å². The molecule has 11 heavy (non-hydrogen) atoms. The van der Waals surface area contributed by atoms with E-state index in [1.165, 1.54) is 12.8 Å². The maximum Gasteiger partial charge on any atom is 0.0276 e. The highest BCUT2D eigenvalue weighted by Crippen LogP contribution is 2.12.